The molecule has 3 aliphatic carbocycles. The number of hydrogen-bond acceptors (Lipinski definition) is 12. The smallest absolute Gasteiger partial charge is 0.408 e. The maximum absolute atomic E-state index is 14.7. The molecule has 1 aromatic heterocycles. The third-order valence-electron chi connectivity index (χ3n) is 11.5. The van der Waals surface area contributed by atoms with Gasteiger partial charge in [-0.2, -0.15) is 0 Å². The number of amides is 3. The minimum Gasteiger partial charge on any atom is -0.488 e. The number of hydrogen-bond donors (Lipinski definition) is 5. The maximum Gasteiger partial charge on any atom is 0.408 e. The van der Waals surface area contributed by atoms with E-state index in [-0.39, 0.29) is 37.6 Å². The molecule has 0 spiro atoms. The molecule has 1 saturated heterocycles. The van der Waals surface area contributed by atoms with E-state index in [2.05, 4.69) is 22.5 Å². The van der Waals surface area contributed by atoms with Crippen molar-refractivity contribution in [3.8, 4) is 11.5 Å². The lowest BCUT2D eigenvalue weighted by Crippen LogP contribution is -2.59. The Bertz CT molecular complexity index is 2030. The number of alkyl carbamates (subject to hydrolysis) is 1. The van der Waals surface area contributed by atoms with Crippen LogP contribution in [-0.2, 0) is 23.9 Å². The summed E-state index contributed by atoms with van der Waals surface area (Å²) in [7, 11) is 0. The van der Waals surface area contributed by atoms with Crippen molar-refractivity contribution in [1.82, 2.24) is 25.8 Å². The van der Waals surface area contributed by atoms with E-state index in [1.807, 2.05) is 34.6 Å². The van der Waals surface area contributed by atoms with Gasteiger partial charge in [-0.05, 0) is 68.9 Å². The molecular formula is C41H52N6O10S. The summed E-state index contributed by atoms with van der Waals surface area (Å²) in [4.78, 5) is 76.8. The Hall–Kier alpha value is -5.06. The number of aliphatic carboxylic acids is 2. The minimum atomic E-state index is -1.54. The molecule has 58 heavy (non-hydrogen) atoms. The summed E-state index contributed by atoms with van der Waals surface area (Å²) >= 11 is 1.56. The Kier molecular flexibility index (Phi) is 11.3. The molecule has 5 aliphatic rings. The van der Waals surface area contributed by atoms with E-state index in [0.717, 1.165) is 24.4 Å². The number of thioether (sulfide) groups is 1. The van der Waals surface area contributed by atoms with Crippen molar-refractivity contribution < 1.29 is 48.4 Å². The van der Waals surface area contributed by atoms with Crippen LogP contribution in [0.15, 0.2) is 41.9 Å². The predicted molar refractivity (Wildman–Crippen MR) is 215 cm³/mol. The second kappa shape index (κ2) is 15.9. The molecule has 312 valence electrons. The SMILES string of the molecule is C=CC1CC1(NC(=O)[C@@H]1CC(Oc2cc(C3CSC(NC(C)C)=N3)nc3cc(OCC(=O)O)ccc23)CN1C(=O)C(NC(=O)O[C@@H]1C[C@@H]2C[C@@H]2C1)C(C)(C)C)C(=O)O. The van der Waals surface area contributed by atoms with E-state index in [9.17, 15) is 34.2 Å². The van der Waals surface area contributed by atoms with Gasteiger partial charge in [-0.1, -0.05) is 38.6 Å². The van der Waals surface area contributed by atoms with Crippen molar-refractivity contribution in [1.29, 1.82) is 0 Å². The van der Waals surface area contributed by atoms with Gasteiger partial charge in [0.1, 0.15) is 47.4 Å². The summed E-state index contributed by atoms with van der Waals surface area (Å²) in [6.45, 7) is 12.6. The number of carbonyl (C=O) groups excluding carboxylic acids is 3. The minimum absolute atomic E-state index is 0.0109. The van der Waals surface area contributed by atoms with E-state index < -0.39 is 71.5 Å². The lowest BCUT2D eigenvalue weighted by Gasteiger charge is -2.35. The predicted octanol–water partition coefficient (Wildman–Crippen LogP) is 4.27. The number of nitrogens with one attached hydrogen (secondary N) is 3. The molecule has 1 aromatic carbocycles. The Morgan fingerprint density at radius 3 is 2.45 bits per heavy atom. The van der Waals surface area contributed by atoms with Crippen LogP contribution in [0, 0.1) is 23.2 Å². The first-order valence-electron chi connectivity index (χ1n) is 19.8. The van der Waals surface area contributed by atoms with E-state index in [1.54, 1.807) is 36.0 Å². The third kappa shape index (κ3) is 8.83. The summed E-state index contributed by atoms with van der Waals surface area (Å²) in [6, 6.07) is 4.32. The van der Waals surface area contributed by atoms with Gasteiger partial charge in [0, 0.05) is 41.7 Å². The zero-order chi connectivity index (χ0) is 41.7. The van der Waals surface area contributed by atoms with Crippen LogP contribution < -0.4 is 25.4 Å². The number of fused-ring (bicyclic) bond motifs is 2. The Morgan fingerprint density at radius 2 is 1.81 bits per heavy atom. The van der Waals surface area contributed by atoms with Crippen molar-refractivity contribution in [3.05, 3.63) is 42.6 Å². The molecular weight excluding hydrogens is 769 g/mol. The molecule has 3 saturated carbocycles. The number of pyridine rings is 1. The van der Waals surface area contributed by atoms with Crippen molar-refractivity contribution in [2.45, 2.75) is 109 Å². The van der Waals surface area contributed by atoms with Gasteiger partial charge in [-0.3, -0.25) is 19.6 Å². The van der Waals surface area contributed by atoms with Gasteiger partial charge in [0.15, 0.2) is 11.8 Å². The Morgan fingerprint density at radius 1 is 1.07 bits per heavy atom. The fourth-order valence-electron chi connectivity index (χ4n) is 8.30. The van der Waals surface area contributed by atoms with Crippen LogP contribution in [0.25, 0.3) is 10.9 Å². The van der Waals surface area contributed by atoms with E-state index in [0.29, 0.717) is 45.7 Å². The topological polar surface area (TPSA) is 218 Å². The quantitative estimate of drug-likeness (QED) is 0.169. The number of carbonyl (C=O) groups is 5. The molecule has 4 fully saturated rings. The van der Waals surface area contributed by atoms with E-state index in [4.69, 9.17) is 24.2 Å². The first kappa shape index (κ1) is 41.1. The second-order valence-electron chi connectivity index (χ2n) is 17.5. The van der Waals surface area contributed by atoms with Gasteiger partial charge in [-0.25, -0.2) is 14.4 Å². The highest BCUT2D eigenvalue weighted by molar-refractivity contribution is 8.14. The number of likely N-dealkylation sites (tertiary alicyclic amines) is 1. The number of carboxylic acids is 2. The lowest BCUT2D eigenvalue weighted by molar-refractivity contribution is -0.146. The van der Waals surface area contributed by atoms with Crippen LogP contribution in [0.4, 0.5) is 4.79 Å². The molecule has 3 amide bonds. The molecule has 5 N–H and O–H groups in total. The van der Waals surface area contributed by atoms with Crippen LogP contribution in [0.5, 0.6) is 11.5 Å². The zero-order valence-corrected chi connectivity index (χ0v) is 34.2. The largest absolute Gasteiger partial charge is 0.488 e. The van der Waals surface area contributed by atoms with Crippen LogP contribution in [0.3, 0.4) is 0 Å². The molecule has 2 aliphatic heterocycles. The van der Waals surface area contributed by atoms with Gasteiger partial charge < -0.3 is 45.3 Å². The number of carboxylic acid groups (broad SMARTS) is 2. The zero-order valence-electron chi connectivity index (χ0n) is 33.4. The number of ether oxygens (including phenoxy) is 3. The highest BCUT2D eigenvalue weighted by Gasteiger charge is 2.61. The highest BCUT2D eigenvalue weighted by atomic mass is 32.2. The summed E-state index contributed by atoms with van der Waals surface area (Å²) in [5.41, 5.74) is -1.29. The van der Waals surface area contributed by atoms with Crippen LogP contribution in [-0.4, -0.2) is 110 Å². The van der Waals surface area contributed by atoms with Crippen molar-refractivity contribution in [2.75, 3.05) is 18.9 Å². The monoisotopic (exact) mass is 820 g/mol. The summed E-state index contributed by atoms with van der Waals surface area (Å²) in [6.07, 6.45) is 2.78. The summed E-state index contributed by atoms with van der Waals surface area (Å²) in [5, 5.41) is 29.5. The third-order valence-corrected chi connectivity index (χ3v) is 12.5. The first-order chi connectivity index (χ1) is 27.4. The molecule has 7 rings (SSSR count). The molecule has 17 heteroatoms. The fraction of sp³-hybridized carbons (Fsp3) is 0.585. The van der Waals surface area contributed by atoms with Gasteiger partial charge in [0.2, 0.25) is 11.8 Å². The molecule has 0 radical (unpaired) electrons. The average Bonchev–Trinajstić information content (AvgIpc) is 3.82. The number of benzene rings is 1. The molecule has 0 bridgehead atoms. The number of aromatic nitrogens is 1. The van der Waals surface area contributed by atoms with Crippen LogP contribution in [0.1, 0.15) is 78.5 Å². The van der Waals surface area contributed by atoms with Gasteiger partial charge in [0.25, 0.3) is 0 Å². The van der Waals surface area contributed by atoms with Gasteiger partial charge in [-0.15, -0.1) is 6.58 Å². The molecule has 16 nitrogen and oxygen atoms in total. The number of nitrogens with zero attached hydrogens (tertiary/aromatic N) is 3. The standard InChI is InChI=1S/C41H52N6O10S/c1-7-23-16-41(23,37(52)53)46-35(50)31-14-26(17-47(31)36(51)34(40(4,5)6)45-39(54)57-25-11-21-10-22(21)12-25)56-32-15-29(30-19-58-38(44-30)42-20(2)3)43-28-13-24(8-9-27(28)32)55-18-33(48)49/h7-9,13,15,20-23,25-26,30-31,34H,1,10-12,14,16-19H2,2-6H3,(H,42,44)(H,45,54)(H,46,50)(H,48,49)(H,52,53)/t21-,22+,23?,25+,26?,30?,31-,34?,41?/m0/s1. The van der Waals surface area contributed by atoms with Gasteiger partial charge >= 0.3 is 18.0 Å². The molecule has 9 atom stereocenters. The van der Waals surface area contributed by atoms with Crippen LogP contribution in [0.2, 0.25) is 0 Å². The molecule has 5 unspecified atom stereocenters. The normalized spacial score (nSPS) is 28.9. The summed E-state index contributed by atoms with van der Waals surface area (Å²) in [5.74, 6) is -1.52. The first-order valence-corrected chi connectivity index (χ1v) is 20.8. The van der Waals surface area contributed by atoms with Crippen molar-refractivity contribution >= 4 is 57.7 Å². The Balaban J connectivity index is 1.19. The molecule has 2 aromatic rings. The lowest BCUT2D eigenvalue weighted by atomic mass is 9.85. The Labute approximate surface area is 340 Å². The van der Waals surface area contributed by atoms with E-state index in [1.165, 1.54) is 11.0 Å². The number of amidine groups is 1. The average molecular weight is 821 g/mol. The summed E-state index contributed by atoms with van der Waals surface area (Å²) < 4.78 is 17.9. The number of rotatable bonds is 14. The fourth-order valence-corrected chi connectivity index (χ4v) is 9.38. The van der Waals surface area contributed by atoms with Crippen molar-refractivity contribution in [2.24, 2.45) is 28.2 Å². The molecule has 3 heterocycles. The van der Waals surface area contributed by atoms with E-state index >= 15 is 0 Å². The van der Waals surface area contributed by atoms with Gasteiger partial charge in [0.05, 0.1) is 17.8 Å². The van der Waals surface area contributed by atoms with Crippen LogP contribution >= 0.6 is 11.8 Å². The number of aliphatic imine (C=N–C) groups is 1. The second-order valence-corrected chi connectivity index (χ2v) is 18.5. The van der Waals surface area contributed by atoms with Crippen molar-refractivity contribution in [3.63, 3.8) is 0 Å². The highest BCUT2D eigenvalue weighted by Crippen LogP contribution is 2.52. The maximum atomic E-state index is 14.7.